The van der Waals surface area contributed by atoms with Crippen LogP contribution in [0.15, 0.2) is 11.5 Å². The predicted molar refractivity (Wildman–Crippen MR) is 30.2 cm³/mol. The van der Waals surface area contributed by atoms with Crippen molar-refractivity contribution in [2.45, 2.75) is 5.51 Å². The smallest absolute Gasteiger partial charge is 0.297 e. The van der Waals surface area contributed by atoms with Crippen LogP contribution in [0, 0.1) is 0 Å². The maximum atomic E-state index is 11.5. The summed E-state index contributed by atoms with van der Waals surface area (Å²) in [4.78, 5) is 8.14. The minimum atomic E-state index is -5.49. The van der Waals surface area contributed by atoms with Gasteiger partial charge in [0.1, 0.15) is 4.91 Å². The first-order chi connectivity index (χ1) is 4.73. The number of aldehydes is 1. The van der Waals surface area contributed by atoms with Crippen molar-refractivity contribution in [2.24, 2.45) is 0 Å². The first-order valence-corrected chi connectivity index (χ1v) is 3.67. The van der Waals surface area contributed by atoms with Crippen molar-refractivity contribution in [1.82, 2.24) is 0 Å². The number of rotatable bonds is 2. The molecule has 0 aliphatic carbocycles. The molecule has 0 aromatic heterocycles. The van der Waals surface area contributed by atoms with Crippen molar-refractivity contribution in [3.63, 3.8) is 0 Å². The van der Waals surface area contributed by atoms with E-state index in [0.717, 1.165) is 0 Å². The van der Waals surface area contributed by atoms with Crippen molar-refractivity contribution in [3.05, 3.63) is 11.5 Å². The third kappa shape index (κ3) is 1.79. The van der Waals surface area contributed by atoms with Gasteiger partial charge in [0.05, 0.1) is 0 Å². The first kappa shape index (κ1) is 10.2. The number of carbonyl (C=O) groups excluding carboxylic acids is 1. The summed E-state index contributed by atoms with van der Waals surface area (Å²) in [5.74, 6) is 0. The van der Waals surface area contributed by atoms with Crippen LogP contribution in [0.4, 0.5) is 13.2 Å². The van der Waals surface area contributed by atoms with E-state index in [1.807, 2.05) is 0 Å². The van der Waals surface area contributed by atoms with E-state index < -0.39 is 26.5 Å². The standard InChI is InChI=1S/C4H3F3O3S/c1-3(2-8)11(9,10)4(5,6)7/h2H,1H2. The van der Waals surface area contributed by atoms with Gasteiger partial charge in [-0.05, 0) is 0 Å². The molecule has 0 atom stereocenters. The molecular formula is C4H3F3O3S. The fourth-order valence-corrected chi connectivity index (χ4v) is 0.636. The van der Waals surface area contributed by atoms with E-state index in [1.165, 1.54) is 0 Å². The van der Waals surface area contributed by atoms with Crippen LogP contribution in [0.1, 0.15) is 0 Å². The molecule has 0 aliphatic heterocycles. The Labute approximate surface area is 60.4 Å². The summed E-state index contributed by atoms with van der Waals surface area (Å²) in [7, 11) is -5.49. The minimum absolute atomic E-state index is 0.456. The second kappa shape index (κ2) is 2.65. The Balaban J connectivity index is 5.08. The van der Waals surface area contributed by atoms with Gasteiger partial charge in [0.2, 0.25) is 0 Å². The van der Waals surface area contributed by atoms with Crippen LogP contribution in [0.5, 0.6) is 0 Å². The minimum Gasteiger partial charge on any atom is -0.297 e. The van der Waals surface area contributed by atoms with Gasteiger partial charge in [0.15, 0.2) is 6.29 Å². The molecule has 0 aromatic carbocycles. The highest BCUT2D eigenvalue weighted by molar-refractivity contribution is 7.96. The van der Waals surface area contributed by atoms with E-state index >= 15 is 0 Å². The molecule has 0 saturated carbocycles. The molecule has 0 N–H and O–H groups in total. The third-order valence-corrected chi connectivity index (χ3v) is 2.18. The van der Waals surface area contributed by atoms with Crippen LogP contribution >= 0.6 is 0 Å². The van der Waals surface area contributed by atoms with E-state index in [0.29, 0.717) is 0 Å². The number of sulfone groups is 1. The Kier molecular flexibility index (Phi) is 2.44. The Morgan fingerprint density at radius 1 is 1.36 bits per heavy atom. The lowest BCUT2D eigenvalue weighted by Crippen LogP contribution is -2.24. The van der Waals surface area contributed by atoms with Crippen molar-refractivity contribution in [3.8, 4) is 0 Å². The number of hydrogen-bond donors (Lipinski definition) is 0. The molecule has 0 aromatic rings. The maximum absolute atomic E-state index is 11.5. The molecule has 0 aliphatic rings. The van der Waals surface area contributed by atoms with E-state index in [4.69, 9.17) is 0 Å². The highest BCUT2D eigenvalue weighted by Gasteiger charge is 2.47. The van der Waals surface area contributed by atoms with Crippen LogP contribution in [0.3, 0.4) is 0 Å². The molecule has 0 fully saturated rings. The number of halogens is 3. The SMILES string of the molecule is C=C(C=O)S(=O)(=O)C(F)(F)F. The van der Waals surface area contributed by atoms with Gasteiger partial charge >= 0.3 is 5.51 Å². The lowest BCUT2D eigenvalue weighted by Gasteiger charge is -2.04. The van der Waals surface area contributed by atoms with Crippen LogP contribution in [0.2, 0.25) is 0 Å². The van der Waals surface area contributed by atoms with Crippen molar-refractivity contribution in [1.29, 1.82) is 0 Å². The van der Waals surface area contributed by atoms with Crippen molar-refractivity contribution in [2.75, 3.05) is 0 Å². The van der Waals surface area contributed by atoms with Gasteiger partial charge < -0.3 is 0 Å². The normalized spacial score (nSPS) is 12.6. The largest absolute Gasteiger partial charge is 0.502 e. The summed E-state index contributed by atoms with van der Waals surface area (Å²) < 4.78 is 54.6. The van der Waals surface area contributed by atoms with Crippen LogP contribution in [-0.4, -0.2) is 20.2 Å². The van der Waals surface area contributed by atoms with Crippen LogP contribution < -0.4 is 0 Å². The molecule has 0 bridgehead atoms. The molecule has 3 nitrogen and oxygen atoms in total. The summed E-state index contributed by atoms with van der Waals surface area (Å²) in [6.07, 6.45) is -0.456. The van der Waals surface area contributed by atoms with Crippen molar-refractivity contribution < 1.29 is 26.4 Å². The number of hydrogen-bond acceptors (Lipinski definition) is 3. The fraction of sp³-hybridized carbons (Fsp3) is 0.250. The second-order valence-electron chi connectivity index (χ2n) is 1.53. The van der Waals surface area contributed by atoms with Crippen LogP contribution in [0.25, 0.3) is 0 Å². The van der Waals surface area contributed by atoms with Gasteiger partial charge in [-0.3, -0.25) is 4.79 Å². The summed E-state index contributed by atoms with van der Waals surface area (Å²) in [6, 6.07) is 0. The second-order valence-corrected chi connectivity index (χ2v) is 3.53. The van der Waals surface area contributed by atoms with E-state index in [2.05, 4.69) is 6.58 Å². The van der Waals surface area contributed by atoms with E-state index in [9.17, 15) is 26.4 Å². The number of allylic oxidation sites excluding steroid dienone is 1. The average Bonchev–Trinajstić information content (AvgIpc) is 1.83. The Morgan fingerprint density at radius 2 is 1.73 bits per heavy atom. The average molecular weight is 188 g/mol. The summed E-state index contributed by atoms with van der Waals surface area (Å²) in [6.45, 7) is 2.44. The Bertz CT molecular complexity index is 273. The lowest BCUT2D eigenvalue weighted by atomic mass is 10.7. The zero-order valence-corrected chi connectivity index (χ0v) is 5.87. The zero-order valence-electron chi connectivity index (χ0n) is 5.05. The van der Waals surface area contributed by atoms with Crippen molar-refractivity contribution >= 4 is 16.1 Å². The van der Waals surface area contributed by atoms with Gasteiger partial charge in [-0.2, -0.15) is 13.2 Å². The lowest BCUT2D eigenvalue weighted by molar-refractivity contribution is -0.104. The van der Waals surface area contributed by atoms with Gasteiger partial charge in [-0.25, -0.2) is 8.42 Å². The first-order valence-electron chi connectivity index (χ1n) is 2.19. The summed E-state index contributed by atoms with van der Waals surface area (Å²) in [5, 5.41) is 0. The zero-order chi connectivity index (χ0) is 9.28. The Hall–Kier alpha value is -0.850. The van der Waals surface area contributed by atoms with Gasteiger partial charge in [0.25, 0.3) is 9.84 Å². The monoisotopic (exact) mass is 188 g/mol. The maximum Gasteiger partial charge on any atom is 0.502 e. The molecule has 0 saturated heterocycles. The van der Waals surface area contributed by atoms with Gasteiger partial charge in [-0.15, -0.1) is 0 Å². The van der Waals surface area contributed by atoms with E-state index in [-0.39, 0.29) is 0 Å². The Morgan fingerprint density at radius 3 is 1.82 bits per heavy atom. The van der Waals surface area contributed by atoms with Crippen LogP contribution in [-0.2, 0) is 14.6 Å². The molecule has 7 heteroatoms. The molecular weight excluding hydrogens is 185 g/mol. The molecule has 0 heterocycles. The molecule has 11 heavy (non-hydrogen) atoms. The van der Waals surface area contributed by atoms with Gasteiger partial charge in [0, 0.05) is 0 Å². The third-order valence-electron chi connectivity index (χ3n) is 0.781. The molecule has 0 spiro atoms. The number of alkyl halides is 3. The highest BCUT2D eigenvalue weighted by Crippen LogP contribution is 2.27. The highest BCUT2D eigenvalue weighted by atomic mass is 32.2. The quantitative estimate of drug-likeness (QED) is 0.471. The van der Waals surface area contributed by atoms with E-state index in [1.54, 1.807) is 0 Å². The predicted octanol–water partition coefficient (Wildman–Crippen LogP) is 0.634. The molecule has 0 unspecified atom stereocenters. The molecule has 0 rings (SSSR count). The summed E-state index contributed by atoms with van der Waals surface area (Å²) in [5.41, 5.74) is -5.44. The number of carbonyl (C=O) groups is 1. The molecule has 0 amide bonds. The molecule has 0 radical (unpaired) electrons. The topological polar surface area (TPSA) is 51.2 Å². The molecule has 64 valence electrons. The fourth-order valence-electron chi connectivity index (χ4n) is 0.212. The summed E-state index contributed by atoms with van der Waals surface area (Å²) >= 11 is 0. The van der Waals surface area contributed by atoms with Gasteiger partial charge in [-0.1, -0.05) is 6.58 Å².